The van der Waals surface area contributed by atoms with Crippen molar-refractivity contribution in [1.82, 2.24) is 9.99 Å². The van der Waals surface area contributed by atoms with Gasteiger partial charge in [-0.15, -0.1) is 0 Å². The Bertz CT molecular complexity index is 1350. The number of hydrogen-bond acceptors (Lipinski definition) is 5. The van der Waals surface area contributed by atoms with Gasteiger partial charge in [-0.3, -0.25) is 9.78 Å². The molecule has 1 atom stereocenters. The van der Waals surface area contributed by atoms with E-state index in [0.29, 0.717) is 18.6 Å². The van der Waals surface area contributed by atoms with Crippen molar-refractivity contribution in [1.29, 1.82) is 0 Å². The zero-order valence-corrected chi connectivity index (χ0v) is 20.3. The number of hydrazone groups is 1. The second kappa shape index (κ2) is 10.4. The van der Waals surface area contributed by atoms with E-state index in [0.717, 1.165) is 39.6 Å². The van der Waals surface area contributed by atoms with Gasteiger partial charge in [0.25, 0.3) is 5.91 Å². The molecule has 0 fully saturated rings. The molecule has 1 aliphatic heterocycles. The van der Waals surface area contributed by atoms with Crippen LogP contribution >= 0.6 is 0 Å². The van der Waals surface area contributed by atoms with E-state index in [1.807, 2.05) is 91.9 Å². The lowest BCUT2D eigenvalue weighted by Gasteiger charge is -2.22. The lowest BCUT2D eigenvalue weighted by molar-refractivity contribution is 0.0710. The minimum absolute atomic E-state index is 0.180. The van der Waals surface area contributed by atoms with Gasteiger partial charge in [0, 0.05) is 18.3 Å². The molecule has 0 bridgehead atoms. The molecule has 1 aliphatic rings. The van der Waals surface area contributed by atoms with Crippen LogP contribution in [0.1, 0.15) is 45.2 Å². The van der Waals surface area contributed by atoms with Gasteiger partial charge in [-0.05, 0) is 72.1 Å². The average molecular weight is 478 g/mol. The maximum Gasteiger partial charge on any atom is 0.276 e. The summed E-state index contributed by atoms with van der Waals surface area (Å²) in [5.41, 5.74) is 5.27. The summed E-state index contributed by atoms with van der Waals surface area (Å²) in [5.74, 6) is 1.37. The third-order valence-corrected chi connectivity index (χ3v) is 6.21. The first kappa shape index (κ1) is 23.3. The molecule has 36 heavy (non-hydrogen) atoms. The van der Waals surface area contributed by atoms with Crippen molar-refractivity contribution in [2.24, 2.45) is 5.10 Å². The third-order valence-electron chi connectivity index (χ3n) is 6.21. The molecule has 180 valence electrons. The van der Waals surface area contributed by atoms with Crippen LogP contribution in [0.25, 0.3) is 0 Å². The topological polar surface area (TPSA) is 64.0 Å². The zero-order chi connectivity index (χ0) is 24.9. The second-order valence-corrected chi connectivity index (χ2v) is 8.68. The van der Waals surface area contributed by atoms with E-state index in [-0.39, 0.29) is 11.9 Å². The minimum atomic E-state index is -0.237. The second-order valence-electron chi connectivity index (χ2n) is 8.68. The molecule has 1 aromatic heterocycles. The van der Waals surface area contributed by atoms with Crippen molar-refractivity contribution < 1.29 is 14.3 Å². The first-order valence-electron chi connectivity index (χ1n) is 11.9. The summed E-state index contributed by atoms with van der Waals surface area (Å²) >= 11 is 0. The highest BCUT2D eigenvalue weighted by molar-refractivity contribution is 6.05. The number of carbonyl (C=O) groups is 1. The molecular weight excluding hydrogens is 450 g/mol. The molecule has 0 spiro atoms. The summed E-state index contributed by atoms with van der Waals surface area (Å²) in [4.78, 5) is 17.8. The molecule has 5 rings (SSSR count). The number of amides is 1. The fourth-order valence-electron chi connectivity index (χ4n) is 4.17. The first-order valence-corrected chi connectivity index (χ1v) is 11.9. The number of rotatable bonds is 7. The van der Waals surface area contributed by atoms with E-state index < -0.39 is 0 Å². The molecule has 0 radical (unpaired) electrons. The fourth-order valence-corrected chi connectivity index (χ4v) is 4.17. The lowest BCUT2D eigenvalue weighted by atomic mass is 9.98. The molecule has 0 saturated heterocycles. The van der Waals surface area contributed by atoms with Crippen molar-refractivity contribution in [2.45, 2.75) is 26.0 Å². The highest BCUT2D eigenvalue weighted by Gasteiger charge is 2.33. The van der Waals surface area contributed by atoms with Crippen molar-refractivity contribution in [2.75, 3.05) is 7.11 Å². The van der Waals surface area contributed by atoms with Crippen LogP contribution in [-0.2, 0) is 6.61 Å². The van der Waals surface area contributed by atoms with E-state index >= 15 is 0 Å². The molecule has 0 aliphatic carbocycles. The molecule has 1 unspecified atom stereocenters. The van der Waals surface area contributed by atoms with Gasteiger partial charge in [0.15, 0.2) is 0 Å². The van der Waals surface area contributed by atoms with E-state index in [4.69, 9.17) is 14.6 Å². The Morgan fingerprint density at radius 1 is 0.917 bits per heavy atom. The molecule has 0 saturated carbocycles. The number of pyridine rings is 1. The predicted molar refractivity (Wildman–Crippen MR) is 139 cm³/mol. The number of carbonyl (C=O) groups excluding carboxylic acids is 1. The van der Waals surface area contributed by atoms with Crippen molar-refractivity contribution in [3.63, 3.8) is 0 Å². The van der Waals surface area contributed by atoms with E-state index in [2.05, 4.69) is 4.98 Å². The number of nitrogens with zero attached hydrogens (tertiary/aromatic N) is 3. The standard InChI is InChI=1S/C30H27N3O3/c1-21-8-9-25(19-31-21)30(34)33-29(18-28(32-33)23-10-14-26(35-2)15-11-23)24-12-16-27(17-13-24)36-20-22-6-4-3-5-7-22/h3-17,19,29H,18,20H2,1-2H3. The van der Waals surface area contributed by atoms with Crippen molar-refractivity contribution in [3.05, 3.63) is 125 Å². The van der Waals surface area contributed by atoms with Crippen LogP contribution in [0.3, 0.4) is 0 Å². The van der Waals surface area contributed by atoms with Gasteiger partial charge in [-0.25, -0.2) is 5.01 Å². The number of benzene rings is 3. The molecule has 2 heterocycles. The van der Waals surface area contributed by atoms with Crippen molar-refractivity contribution >= 4 is 11.6 Å². The highest BCUT2D eigenvalue weighted by atomic mass is 16.5. The smallest absolute Gasteiger partial charge is 0.276 e. The fraction of sp³-hybridized carbons (Fsp3) is 0.167. The Kier molecular flexibility index (Phi) is 6.76. The van der Waals surface area contributed by atoms with Gasteiger partial charge in [-0.2, -0.15) is 5.10 Å². The first-order chi connectivity index (χ1) is 17.6. The zero-order valence-electron chi connectivity index (χ0n) is 20.3. The summed E-state index contributed by atoms with van der Waals surface area (Å²) in [5, 5.41) is 6.34. The number of ether oxygens (including phenoxy) is 2. The summed E-state index contributed by atoms with van der Waals surface area (Å²) in [6.45, 7) is 2.40. The van der Waals surface area contributed by atoms with Gasteiger partial charge in [0.2, 0.25) is 0 Å². The summed E-state index contributed by atoms with van der Waals surface area (Å²) in [7, 11) is 1.64. The molecule has 6 nitrogen and oxygen atoms in total. The molecule has 6 heteroatoms. The van der Waals surface area contributed by atoms with Crippen LogP contribution in [0.2, 0.25) is 0 Å². The highest BCUT2D eigenvalue weighted by Crippen LogP contribution is 2.35. The number of methoxy groups -OCH3 is 1. The Balaban J connectivity index is 1.39. The van der Waals surface area contributed by atoms with Crippen molar-refractivity contribution in [3.8, 4) is 11.5 Å². The SMILES string of the molecule is COc1ccc(C2=NN(C(=O)c3ccc(C)nc3)C(c3ccc(OCc4ccccc4)cc3)C2)cc1. The van der Waals surface area contributed by atoms with E-state index in [1.165, 1.54) is 0 Å². The number of aryl methyl sites for hydroxylation is 1. The van der Waals surface area contributed by atoms with Crippen LogP contribution in [-0.4, -0.2) is 28.7 Å². The van der Waals surface area contributed by atoms with Crippen LogP contribution < -0.4 is 9.47 Å². The Morgan fingerprint density at radius 2 is 1.64 bits per heavy atom. The summed E-state index contributed by atoms with van der Waals surface area (Å²) in [6, 6.07) is 29.1. The maximum absolute atomic E-state index is 13.5. The van der Waals surface area contributed by atoms with Crippen LogP contribution in [0.4, 0.5) is 0 Å². The predicted octanol–water partition coefficient (Wildman–Crippen LogP) is 5.97. The van der Waals surface area contributed by atoms with Gasteiger partial charge in [0.05, 0.1) is 24.4 Å². The number of hydrogen-bond donors (Lipinski definition) is 0. The molecule has 1 amide bonds. The van der Waals surface area contributed by atoms with Crippen LogP contribution in [0.5, 0.6) is 11.5 Å². The average Bonchev–Trinajstić information content (AvgIpc) is 3.38. The Hall–Kier alpha value is -4.45. The molecule has 4 aromatic rings. The largest absolute Gasteiger partial charge is 0.497 e. The lowest BCUT2D eigenvalue weighted by Crippen LogP contribution is -2.27. The molecular formula is C30H27N3O3. The molecule has 3 aromatic carbocycles. The van der Waals surface area contributed by atoms with Crippen LogP contribution in [0, 0.1) is 6.92 Å². The normalized spacial score (nSPS) is 14.9. The monoisotopic (exact) mass is 477 g/mol. The minimum Gasteiger partial charge on any atom is -0.497 e. The van der Waals surface area contributed by atoms with E-state index in [1.54, 1.807) is 24.4 Å². The quantitative estimate of drug-likeness (QED) is 0.329. The van der Waals surface area contributed by atoms with Gasteiger partial charge < -0.3 is 9.47 Å². The van der Waals surface area contributed by atoms with Crippen LogP contribution in [0.15, 0.2) is 102 Å². The summed E-state index contributed by atoms with van der Waals surface area (Å²) in [6.07, 6.45) is 2.21. The van der Waals surface area contributed by atoms with Gasteiger partial charge in [0.1, 0.15) is 18.1 Å². The Labute approximate surface area is 210 Å². The van der Waals surface area contributed by atoms with Gasteiger partial charge in [-0.1, -0.05) is 42.5 Å². The third kappa shape index (κ3) is 5.13. The molecule has 0 N–H and O–H groups in total. The van der Waals surface area contributed by atoms with Gasteiger partial charge >= 0.3 is 0 Å². The Morgan fingerprint density at radius 3 is 2.31 bits per heavy atom. The van der Waals surface area contributed by atoms with E-state index in [9.17, 15) is 4.79 Å². The summed E-state index contributed by atoms with van der Waals surface area (Å²) < 4.78 is 11.2. The maximum atomic E-state index is 13.5. The number of aromatic nitrogens is 1.